The van der Waals surface area contributed by atoms with Gasteiger partial charge in [-0.3, -0.25) is 9.59 Å². The highest BCUT2D eigenvalue weighted by atomic mass is 32.1. The molecule has 4 N–H and O–H groups in total. The second-order valence-electron chi connectivity index (χ2n) is 7.16. The van der Waals surface area contributed by atoms with Crippen LogP contribution in [0.3, 0.4) is 0 Å². The first-order valence-electron chi connectivity index (χ1n) is 9.10. The van der Waals surface area contributed by atoms with Crippen molar-refractivity contribution >= 4 is 40.0 Å². The van der Waals surface area contributed by atoms with Crippen LogP contribution in [0.2, 0.25) is 0 Å². The Morgan fingerprint density at radius 3 is 2.59 bits per heavy atom. The normalized spacial score (nSPS) is 13.3. The molecule has 2 rings (SSSR count). The van der Waals surface area contributed by atoms with Crippen LogP contribution >= 0.6 is 12.2 Å². The summed E-state index contributed by atoms with van der Waals surface area (Å²) in [7, 11) is 1.72. The fourth-order valence-electron chi connectivity index (χ4n) is 3.26. The Balaban J connectivity index is 2.19. The number of hydrogen-bond donors (Lipinski definition) is 4. The zero-order valence-corrected chi connectivity index (χ0v) is 16.7. The number of aliphatic carboxylic acids is 1. The summed E-state index contributed by atoms with van der Waals surface area (Å²) >= 11 is 5.40. The first-order valence-corrected chi connectivity index (χ1v) is 9.51. The second-order valence-corrected chi connectivity index (χ2v) is 7.60. The fraction of sp³-hybridized carbons (Fsp3) is 0.450. The molecule has 0 saturated heterocycles. The first kappa shape index (κ1) is 20.9. The zero-order valence-electron chi connectivity index (χ0n) is 15.9. The van der Waals surface area contributed by atoms with Gasteiger partial charge in [0.15, 0.2) is 0 Å². The third-order valence-electron chi connectivity index (χ3n) is 4.53. The van der Waals surface area contributed by atoms with Gasteiger partial charge in [0, 0.05) is 36.5 Å². The Labute approximate surface area is 164 Å². The number of aromatic amines is 1. The van der Waals surface area contributed by atoms with E-state index < -0.39 is 17.9 Å². The van der Waals surface area contributed by atoms with Crippen LogP contribution in [0.25, 0.3) is 10.9 Å². The number of thiocarbonyl (C=S) groups is 1. The van der Waals surface area contributed by atoms with Gasteiger partial charge in [0.1, 0.15) is 0 Å². The van der Waals surface area contributed by atoms with Crippen LogP contribution in [0.5, 0.6) is 0 Å². The number of aromatic nitrogens is 1. The highest BCUT2D eigenvalue weighted by molar-refractivity contribution is 7.80. The lowest BCUT2D eigenvalue weighted by atomic mass is 9.92. The van der Waals surface area contributed by atoms with E-state index in [1.54, 1.807) is 7.05 Å². The molecule has 2 unspecified atom stereocenters. The molecule has 1 aromatic carbocycles. The van der Waals surface area contributed by atoms with Gasteiger partial charge in [0.05, 0.1) is 17.5 Å². The van der Waals surface area contributed by atoms with Gasteiger partial charge in [-0.1, -0.05) is 44.3 Å². The molecular weight excluding hydrogens is 362 g/mol. The Hall–Kier alpha value is -2.41. The summed E-state index contributed by atoms with van der Waals surface area (Å²) in [5.74, 6) is -1.59. The molecule has 2 aromatic rings. The van der Waals surface area contributed by atoms with Crippen LogP contribution in [-0.4, -0.2) is 40.0 Å². The van der Waals surface area contributed by atoms with E-state index in [2.05, 4.69) is 15.6 Å². The molecule has 0 aliphatic heterocycles. The standard InChI is InChI=1S/C20H27N3O3S/c1-12(2)8-13(10-18(24)25)19(26)23-17(20(27)21-3)9-14-11-22-16-7-5-4-6-15(14)16/h4-7,11-13,17,22H,8-10H2,1-3H3,(H,21,27)(H,23,26)(H,24,25). The number of H-pyrrole nitrogens is 1. The summed E-state index contributed by atoms with van der Waals surface area (Å²) in [6.45, 7) is 3.95. The molecule has 0 spiro atoms. The summed E-state index contributed by atoms with van der Waals surface area (Å²) < 4.78 is 0. The SMILES string of the molecule is CNC(=S)C(Cc1c[nH]c2ccccc12)NC(=O)C(CC(=O)O)CC(C)C. The highest BCUT2D eigenvalue weighted by Gasteiger charge is 2.26. The van der Waals surface area contributed by atoms with Crippen LogP contribution in [0, 0.1) is 11.8 Å². The molecule has 0 fully saturated rings. The van der Waals surface area contributed by atoms with Crippen molar-refractivity contribution in [2.45, 2.75) is 39.2 Å². The van der Waals surface area contributed by atoms with Gasteiger partial charge < -0.3 is 20.7 Å². The number of rotatable bonds is 9. The van der Waals surface area contributed by atoms with Gasteiger partial charge in [-0.15, -0.1) is 0 Å². The molecule has 27 heavy (non-hydrogen) atoms. The number of amides is 1. The minimum atomic E-state index is -0.972. The maximum Gasteiger partial charge on any atom is 0.304 e. The number of fused-ring (bicyclic) bond motifs is 1. The van der Waals surface area contributed by atoms with E-state index in [-0.39, 0.29) is 18.2 Å². The number of carbonyl (C=O) groups excluding carboxylic acids is 1. The molecule has 146 valence electrons. The van der Waals surface area contributed by atoms with Crippen LogP contribution in [-0.2, 0) is 16.0 Å². The number of hydrogen-bond acceptors (Lipinski definition) is 3. The fourth-order valence-corrected chi connectivity index (χ4v) is 3.40. The summed E-state index contributed by atoms with van der Waals surface area (Å²) in [4.78, 5) is 27.7. The third-order valence-corrected chi connectivity index (χ3v) is 5.01. The number of nitrogens with one attached hydrogen (secondary N) is 3. The first-order chi connectivity index (χ1) is 12.8. The lowest BCUT2D eigenvalue weighted by molar-refractivity contribution is -0.141. The van der Waals surface area contributed by atoms with Crippen LogP contribution in [0.1, 0.15) is 32.3 Å². The number of likely N-dealkylation sites (N-methyl/N-ethyl adjacent to an activating group) is 1. The molecular formula is C20H27N3O3S. The van der Waals surface area contributed by atoms with Crippen molar-refractivity contribution in [3.63, 3.8) is 0 Å². The van der Waals surface area contributed by atoms with Gasteiger partial charge >= 0.3 is 5.97 Å². The van der Waals surface area contributed by atoms with Crippen molar-refractivity contribution < 1.29 is 14.7 Å². The van der Waals surface area contributed by atoms with Crippen molar-refractivity contribution in [3.05, 3.63) is 36.0 Å². The van der Waals surface area contributed by atoms with Gasteiger partial charge in [-0.05, 0) is 24.0 Å². The lowest BCUT2D eigenvalue weighted by Crippen LogP contribution is -2.48. The topological polar surface area (TPSA) is 94.2 Å². The maximum absolute atomic E-state index is 12.8. The number of carboxylic acid groups (broad SMARTS) is 1. The summed E-state index contributed by atoms with van der Waals surface area (Å²) in [5.41, 5.74) is 2.07. The quantitative estimate of drug-likeness (QED) is 0.495. The summed E-state index contributed by atoms with van der Waals surface area (Å²) in [6, 6.07) is 7.54. The van der Waals surface area contributed by atoms with E-state index in [0.29, 0.717) is 17.8 Å². The van der Waals surface area contributed by atoms with Crippen molar-refractivity contribution in [2.24, 2.45) is 11.8 Å². The average Bonchev–Trinajstić information content (AvgIpc) is 3.02. The third kappa shape index (κ3) is 5.79. The predicted molar refractivity (Wildman–Crippen MR) is 111 cm³/mol. The molecule has 0 saturated carbocycles. The van der Waals surface area contributed by atoms with Crippen LogP contribution < -0.4 is 10.6 Å². The van der Waals surface area contributed by atoms with E-state index >= 15 is 0 Å². The monoisotopic (exact) mass is 389 g/mol. The zero-order chi connectivity index (χ0) is 20.0. The van der Waals surface area contributed by atoms with Gasteiger partial charge in [0.2, 0.25) is 5.91 Å². The molecule has 0 aliphatic carbocycles. The van der Waals surface area contributed by atoms with E-state index in [0.717, 1.165) is 16.5 Å². The smallest absolute Gasteiger partial charge is 0.304 e. The number of carbonyl (C=O) groups is 2. The molecule has 0 aliphatic rings. The lowest BCUT2D eigenvalue weighted by Gasteiger charge is -2.23. The van der Waals surface area contributed by atoms with Crippen LogP contribution in [0.15, 0.2) is 30.5 Å². The number of benzene rings is 1. The maximum atomic E-state index is 12.8. The van der Waals surface area contributed by atoms with E-state index in [1.807, 2.05) is 44.3 Å². The minimum absolute atomic E-state index is 0.184. The number of carboxylic acids is 1. The molecule has 0 radical (unpaired) electrons. The Kier molecular flexibility index (Phi) is 7.36. The molecule has 1 heterocycles. The second kappa shape index (κ2) is 9.50. The molecule has 1 aromatic heterocycles. The number of para-hydroxylation sites is 1. The van der Waals surface area contributed by atoms with Gasteiger partial charge in [0.25, 0.3) is 0 Å². The van der Waals surface area contributed by atoms with Crippen molar-refractivity contribution in [1.82, 2.24) is 15.6 Å². The van der Waals surface area contributed by atoms with Gasteiger partial charge in [-0.25, -0.2) is 0 Å². The molecule has 0 bridgehead atoms. The van der Waals surface area contributed by atoms with Gasteiger partial charge in [-0.2, -0.15) is 0 Å². The predicted octanol–water partition coefficient (Wildman–Crippen LogP) is 2.88. The van der Waals surface area contributed by atoms with Crippen LogP contribution in [0.4, 0.5) is 0 Å². The molecule has 1 amide bonds. The van der Waals surface area contributed by atoms with Crippen molar-refractivity contribution in [2.75, 3.05) is 7.05 Å². The summed E-state index contributed by atoms with van der Waals surface area (Å²) in [6.07, 6.45) is 2.78. The van der Waals surface area contributed by atoms with E-state index in [1.165, 1.54) is 0 Å². The van der Waals surface area contributed by atoms with Crippen molar-refractivity contribution in [3.8, 4) is 0 Å². The molecule has 7 heteroatoms. The minimum Gasteiger partial charge on any atom is -0.481 e. The largest absolute Gasteiger partial charge is 0.481 e. The molecule has 2 atom stereocenters. The highest BCUT2D eigenvalue weighted by Crippen LogP contribution is 2.20. The van der Waals surface area contributed by atoms with E-state index in [4.69, 9.17) is 17.3 Å². The average molecular weight is 390 g/mol. The Bertz CT molecular complexity index is 816. The Morgan fingerprint density at radius 1 is 1.26 bits per heavy atom. The van der Waals surface area contributed by atoms with E-state index in [9.17, 15) is 9.59 Å². The molecule has 6 nitrogen and oxygen atoms in total. The van der Waals surface area contributed by atoms with Crippen molar-refractivity contribution in [1.29, 1.82) is 0 Å². The summed E-state index contributed by atoms with van der Waals surface area (Å²) in [5, 5.41) is 16.1. The Morgan fingerprint density at radius 2 is 1.96 bits per heavy atom.